The highest BCUT2D eigenvalue weighted by atomic mass is 79.9. The molecule has 0 unspecified atom stereocenters. The van der Waals surface area contributed by atoms with E-state index in [1.54, 1.807) is 16.3 Å². The molecule has 5 heteroatoms. The zero-order valence-corrected chi connectivity index (χ0v) is 11.1. The van der Waals surface area contributed by atoms with Crippen molar-refractivity contribution in [2.45, 2.75) is 18.3 Å². The van der Waals surface area contributed by atoms with Crippen molar-refractivity contribution in [3.63, 3.8) is 0 Å². The van der Waals surface area contributed by atoms with Gasteiger partial charge < -0.3 is 0 Å². The van der Waals surface area contributed by atoms with Crippen LogP contribution in [-0.4, -0.2) is 25.0 Å². The van der Waals surface area contributed by atoms with Crippen molar-refractivity contribution in [3.05, 3.63) is 20.8 Å². The van der Waals surface area contributed by atoms with E-state index in [4.69, 9.17) is 0 Å². The van der Waals surface area contributed by atoms with Crippen molar-refractivity contribution in [3.8, 4) is 0 Å². The number of carbonyl (C=O) groups excluding carboxylic acids is 1. The fourth-order valence-electron chi connectivity index (χ4n) is 1.59. The average Bonchev–Trinajstić information content (AvgIpc) is 2.84. The van der Waals surface area contributed by atoms with Gasteiger partial charge in [-0.25, -0.2) is 5.01 Å². The maximum atomic E-state index is 12.0. The topological polar surface area (TPSA) is 32.3 Å². The normalized spacial score (nSPS) is 17.9. The van der Waals surface area contributed by atoms with Gasteiger partial charge in [0.25, 0.3) is 0 Å². The first-order chi connectivity index (χ1) is 7.04. The molecule has 15 heavy (non-hydrogen) atoms. The number of hydrogen-bond acceptors (Lipinski definition) is 3. The van der Waals surface area contributed by atoms with Crippen molar-refractivity contribution in [2.75, 3.05) is 14.1 Å². The zero-order chi connectivity index (χ0) is 11.1. The predicted molar refractivity (Wildman–Crippen MR) is 64.8 cm³/mol. The van der Waals surface area contributed by atoms with Crippen LogP contribution >= 0.6 is 27.3 Å². The molecule has 0 aliphatic heterocycles. The smallest absolute Gasteiger partial charge is 0.245 e. The van der Waals surface area contributed by atoms with E-state index in [0.29, 0.717) is 0 Å². The predicted octanol–water partition coefficient (Wildman–Crippen LogP) is 2.13. The van der Waals surface area contributed by atoms with E-state index in [0.717, 1.165) is 21.5 Å². The summed E-state index contributed by atoms with van der Waals surface area (Å²) >= 11 is 5.08. The summed E-state index contributed by atoms with van der Waals surface area (Å²) in [5, 5.41) is 1.70. The largest absolute Gasteiger partial charge is 0.289 e. The first kappa shape index (κ1) is 11.1. The fraction of sp³-hybridized carbons (Fsp3) is 0.500. The van der Waals surface area contributed by atoms with Crippen LogP contribution in [-0.2, 0) is 10.2 Å². The summed E-state index contributed by atoms with van der Waals surface area (Å²) in [4.78, 5) is 13.1. The van der Waals surface area contributed by atoms with E-state index in [1.165, 1.54) is 0 Å². The summed E-state index contributed by atoms with van der Waals surface area (Å²) in [6.07, 6.45) is 1.92. The van der Waals surface area contributed by atoms with E-state index in [9.17, 15) is 4.79 Å². The van der Waals surface area contributed by atoms with Crippen LogP contribution in [0.1, 0.15) is 17.7 Å². The summed E-state index contributed by atoms with van der Waals surface area (Å²) in [5.74, 6) is 0.113. The van der Waals surface area contributed by atoms with E-state index in [1.807, 2.05) is 26.2 Å². The number of nitrogens with one attached hydrogen (secondary N) is 1. The molecule has 1 amide bonds. The third kappa shape index (κ3) is 2.09. The second-order valence-corrected chi connectivity index (χ2v) is 6.48. The van der Waals surface area contributed by atoms with Gasteiger partial charge in [-0.1, -0.05) is 0 Å². The molecular weight excluding hydrogens is 276 g/mol. The number of thiophene rings is 1. The molecule has 0 saturated heterocycles. The molecule has 1 saturated carbocycles. The molecule has 82 valence electrons. The Morgan fingerprint density at radius 1 is 1.53 bits per heavy atom. The lowest BCUT2D eigenvalue weighted by Gasteiger charge is -2.17. The van der Waals surface area contributed by atoms with Gasteiger partial charge in [-0.05, 0) is 40.9 Å². The summed E-state index contributed by atoms with van der Waals surface area (Å²) < 4.78 is 1.08. The Hall–Kier alpha value is -0.390. The summed E-state index contributed by atoms with van der Waals surface area (Å²) in [7, 11) is 3.66. The van der Waals surface area contributed by atoms with Gasteiger partial charge in [-0.15, -0.1) is 11.3 Å². The highest BCUT2D eigenvalue weighted by Gasteiger charge is 2.52. The maximum absolute atomic E-state index is 12.0. The lowest BCUT2D eigenvalue weighted by molar-refractivity contribution is -0.127. The molecule has 1 aromatic rings. The Balaban J connectivity index is 2.17. The van der Waals surface area contributed by atoms with Crippen molar-refractivity contribution >= 4 is 33.2 Å². The lowest BCUT2D eigenvalue weighted by atomic mass is 10.0. The Bertz CT molecular complexity index is 385. The minimum absolute atomic E-state index is 0.113. The Labute approximate surface area is 102 Å². The van der Waals surface area contributed by atoms with Gasteiger partial charge in [0.2, 0.25) is 5.91 Å². The summed E-state index contributed by atoms with van der Waals surface area (Å²) in [5.41, 5.74) is 2.59. The Morgan fingerprint density at radius 2 is 2.20 bits per heavy atom. The number of rotatable bonds is 3. The number of amides is 1. The van der Waals surface area contributed by atoms with E-state index in [2.05, 4.69) is 21.4 Å². The third-order valence-corrected chi connectivity index (χ3v) is 4.38. The minimum atomic E-state index is -0.249. The van der Waals surface area contributed by atoms with Gasteiger partial charge in [-0.3, -0.25) is 10.2 Å². The molecule has 0 spiro atoms. The van der Waals surface area contributed by atoms with E-state index in [-0.39, 0.29) is 11.3 Å². The Kier molecular flexibility index (Phi) is 2.87. The molecule has 1 aromatic heterocycles. The van der Waals surface area contributed by atoms with Crippen LogP contribution in [0.4, 0.5) is 0 Å². The second-order valence-electron chi connectivity index (χ2n) is 4.02. The molecule has 0 atom stereocenters. The highest BCUT2D eigenvalue weighted by Crippen LogP contribution is 2.51. The number of hydrazine groups is 1. The number of hydrogen-bond donors (Lipinski definition) is 1. The maximum Gasteiger partial charge on any atom is 0.245 e. The second kappa shape index (κ2) is 3.88. The fourth-order valence-corrected chi connectivity index (χ4v) is 3.22. The molecule has 1 aliphatic carbocycles. The molecule has 1 aliphatic rings. The van der Waals surface area contributed by atoms with Crippen LogP contribution in [0, 0.1) is 0 Å². The molecule has 1 N–H and O–H groups in total. The number of carbonyl (C=O) groups is 1. The standard InChI is InChI=1S/C10H13BrN2OS/c1-13(2)12-9(14)10(5-6-10)7-3-4-8(11)15-7/h3-4H,5-6H2,1-2H3,(H,12,14). The van der Waals surface area contributed by atoms with Gasteiger partial charge in [-0.2, -0.15) is 0 Å². The molecular formula is C10H13BrN2OS. The first-order valence-electron chi connectivity index (χ1n) is 4.79. The van der Waals surface area contributed by atoms with Crippen LogP contribution < -0.4 is 5.43 Å². The van der Waals surface area contributed by atoms with Gasteiger partial charge in [0, 0.05) is 19.0 Å². The van der Waals surface area contributed by atoms with E-state index < -0.39 is 0 Å². The van der Waals surface area contributed by atoms with E-state index >= 15 is 0 Å². The van der Waals surface area contributed by atoms with Crippen LogP contribution in [0.5, 0.6) is 0 Å². The minimum Gasteiger partial charge on any atom is -0.289 e. The van der Waals surface area contributed by atoms with Crippen LogP contribution in [0.15, 0.2) is 15.9 Å². The molecule has 0 bridgehead atoms. The SMILES string of the molecule is CN(C)NC(=O)C1(c2ccc(Br)s2)CC1. The third-order valence-electron chi connectivity index (χ3n) is 2.55. The summed E-state index contributed by atoms with van der Waals surface area (Å²) in [6, 6.07) is 4.04. The van der Waals surface area contributed by atoms with Gasteiger partial charge in [0.15, 0.2) is 0 Å². The van der Waals surface area contributed by atoms with Gasteiger partial charge in [0.1, 0.15) is 0 Å². The average molecular weight is 289 g/mol. The Morgan fingerprint density at radius 3 is 2.60 bits per heavy atom. The van der Waals surface area contributed by atoms with Crippen molar-refractivity contribution in [1.82, 2.24) is 10.4 Å². The number of halogens is 1. The molecule has 2 rings (SSSR count). The summed E-state index contributed by atoms with van der Waals surface area (Å²) in [6.45, 7) is 0. The van der Waals surface area contributed by atoms with Crippen LogP contribution in [0.25, 0.3) is 0 Å². The monoisotopic (exact) mass is 288 g/mol. The lowest BCUT2D eigenvalue weighted by Crippen LogP contribution is -2.42. The quantitative estimate of drug-likeness (QED) is 0.865. The molecule has 1 heterocycles. The first-order valence-corrected chi connectivity index (χ1v) is 6.40. The van der Waals surface area contributed by atoms with Crippen LogP contribution in [0.3, 0.4) is 0 Å². The van der Waals surface area contributed by atoms with Gasteiger partial charge >= 0.3 is 0 Å². The molecule has 0 radical (unpaired) electrons. The van der Waals surface area contributed by atoms with Gasteiger partial charge in [0.05, 0.1) is 9.20 Å². The molecule has 0 aromatic carbocycles. The van der Waals surface area contributed by atoms with Crippen molar-refractivity contribution in [2.24, 2.45) is 0 Å². The van der Waals surface area contributed by atoms with Crippen molar-refractivity contribution in [1.29, 1.82) is 0 Å². The zero-order valence-electron chi connectivity index (χ0n) is 8.71. The number of nitrogens with zero attached hydrogens (tertiary/aromatic N) is 1. The van der Waals surface area contributed by atoms with Crippen molar-refractivity contribution < 1.29 is 4.79 Å². The van der Waals surface area contributed by atoms with Crippen LogP contribution in [0.2, 0.25) is 0 Å². The molecule has 1 fully saturated rings. The highest BCUT2D eigenvalue weighted by molar-refractivity contribution is 9.11. The molecule has 3 nitrogen and oxygen atoms in total.